The first-order chi connectivity index (χ1) is 12.5. The molecule has 0 bridgehead atoms. The molecule has 3 aromatic rings. The van der Waals surface area contributed by atoms with Crippen LogP contribution in [0.4, 0.5) is 0 Å². The Kier molecular flexibility index (Phi) is 5.73. The maximum Gasteiger partial charge on any atom is 0.273 e. The molecule has 2 aromatic carbocycles. The zero-order valence-electron chi connectivity index (χ0n) is 13.4. The summed E-state index contributed by atoms with van der Waals surface area (Å²) in [5.74, 6) is 0.380. The smallest absolute Gasteiger partial charge is 0.273 e. The minimum atomic E-state index is -1.29. The summed E-state index contributed by atoms with van der Waals surface area (Å²) in [6, 6.07) is 17.2. The van der Waals surface area contributed by atoms with Gasteiger partial charge in [0.2, 0.25) is 0 Å². The maximum atomic E-state index is 11.9. The van der Waals surface area contributed by atoms with E-state index in [1.54, 1.807) is 60.7 Å². The Hall–Kier alpha value is -2.60. The summed E-state index contributed by atoms with van der Waals surface area (Å²) in [7, 11) is 0. The van der Waals surface area contributed by atoms with Crippen LogP contribution in [0.25, 0.3) is 11.3 Å². The molecule has 0 aliphatic carbocycles. The molecule has 1 atom stereocenters. The number of halogens is 2. The molecule has 0 saturated carbocycles. The molecule has 0 spiro atoms. The largest absolute Gasteiger partial charge is 0.455 e. The standard InChI is InChI=1S/C19H14Cl2N2O3/c20-15-8-6-13(10-16(15)21)17-9-7-14(26-17)11-22-23-19(25)18(24)12-4-2-1-3-5-12/h1-11,18,24H,(H,23,25)/b22-11+. The molecular weight excluding hydrogens is 375 g/mol. The quantitative estimate of drug-likeness (QED) is 0.501. The SMILES string of the molecule is O=C(N/N=C/c1ccc(-c2ccc(Cl)c(Cl)c2)o1)C(O)c1ccccc1. The topological polar surface area (TPSA) is 74.8 Å². The highest BCUT2D eigenvalue weighted by Crippen LogP contribution is 2.29. The number of nitrogens with zero attached hydrogens (tertiary/aromatic N) is 1. The van der Waals surface area contributed by atoms with Crippen molar-refractivity contribution in [2.75, 3.05) is 0 Å². The zero-order chi connectivity index (χ0) is 18.5. The summed E-state index contributed by atoms with van der Waals surface area (Å²) in [6.07, 6.45) is 0.0492. The number of rotatable bonds is 5. The lowest BCUT2D eigenvalue weighted by Gasteiger charge is -2.08. The fourth-order valence-electron chi connectivity index (χ4n) is 2.23. The third kappa shape index (κ3) is 4.32. The number of hydrogen-bond acceptors (Lipinski definition) is 4. The Labute approximate surface area is 159 Å². The summed E-state index contributed by atoms with van der Waals surface area (Å²) in [4.78, 5) is 11.9. The lowest BCUT2D eigenvalue weighted by molar-refractivity contribution is -0.129. The van der Waals surface area contributed by atoms with Crippen molar-refractivity contribution in [1.29, 1.82) is 0 Å². The van der Waals surface area contributed by atoms with Crippen molar-refractivity contribution in [3.63, 3.8) is 0 Å². The summed E-state index contributed by atoms with van der Waals surface area (Å²) >= 11 is 11.9. The Bertz CT molecular complexity index is 939. The molecule has 26 heavy (non-hydrogen) atoms. The second kappa shape index (κ2) is 8.19. The molecule has 5 nitrogen and oxygen atoms in total. The summed E-state index contributed by atoms with van der Waals surface area (Å²) < 4.78 is 5.63. The second-order valence-electron chi connectivity index (χ2n) is 5.38. The third-order valence-electron chi connectivity index (χ3n) is 3.56. The summed E-state index contributed by atoms with van der Waals surface area (Å²) in [6.45, 7) is 0. The normalized spacial score (nSPS) is 12.3. The van der Waals surface area contributed by atoms with E-state index in [9.17, 15) is 9.90 Å². The number of nitrogens with one attached hydrogen (secondary N) is 1. The Balaban J connectivity index is 1.63. The monoisotopic (exact) mass is 388 g/mol. The molecule has 2 N–H and O–H groups in total. The van der Waals surface area contributed by atoms with E-state index in [-0.39, 0.29) is 0 Å². The molecule has 1 amide bonds. The van der Waals surface area contributed by atoms with Crippen LogP contribution < -0.4 is 5.43 Å². The maximum absolute atomic E-state index is 11.9. The van der Waals surface area contributed by atoms with Gasteiger partial charge in [-0.2, -0.15) is 5.10 Å². The predicted octanol–water partition coefficient (Wildman–Crippen LogP) is 4.44. The lowest BCUT2D eigenvalue weighted by Crippen LogP contribution is -2.25. The van der Waals surface area contributed by atoms with E-state index in [1.807, 2.05) is 0 Å². The second-order valence-corrected chi connectivity index (χ2v) is 6.19. The van der Waals surface area contributed by atoms with Crippen LogP contribution in [-0.2, 0) is 4.79 Å². The first kappa shape index (κ1) is 18.2. The number of furan rings is 1. The summed E-state index contributed by atoms with van der Waals surface area (Å²) in [5.41, 5.74) is 3.53. The van der Waals surface area contributed by atoms with Crippen LogP contribution in [0.3, 0.4) is 0 Å². The van der Waals surface area contributed by atoms with E-state index in [4.69, 9.17) is 27.6 Å². The molecule has 0 aliphatic rings. The molecule has 132 valence electrons. The first-order valence-electron chi connectivity index (χ1n) is 7.66. The highest BCUT2D eigenvalue weighted by molar-refractivity contribution is 6.42. The summed E-state index contributed by atoms with van der Waals surface area (Å²) in [5, 5.41) is 14.6. The van der Waals surface area contributed by atoms with Gasteiger partial charge in [-0.05, 0) is 35.9 Å². The van der Waals surface area contributed by atoms with Crippen molar-refractivity contribution in [3.8, 4) is 11.3 Å². The molecule has 3 rings (SSSR count). The minimum Gasteiger partial charge on any atom is -0.455 e. The molecule has 0 radical (unpaired) electrons. The van der Waals surface area contributed by atoms with Crippen molar-refractivity contribution in [1.82, 2.24) is 5.43 Å². The number of amides is 1. The Morgan fingerprint density at radius 1 is 1.08 bits per heavy atom. The first-order valence-corrected chi connectivity index (χ1v) is 8.41. The van der Waals surface area contributed by atoms with Gasteiger partial charge in [-0.25, -0.2) is 5.43 Å². The van der Waals surface area contributed by atoms with Crippen LogP contribution >= 0.6 is 23.2 Å². The van der Waals surface area contributed by atoms with Crippen LogP contribution in [0.5, 0.6) is 0 Å². The molecule has 1 aromatic heterocycles. The number of aliphatic hydroxyl groups excluding tert-OH is 1. The average molecular weight is 389 g/mol. The fourth-order valence-corrected chi connectivity index (χ4v) is 2.53. The van der Waals surface area contributed by atoms with Gasteiger partial charge in [0.25, 0.3) is 5.91 Å². The number of carbonyl (C=O) groups is 1. The van der Waals surface area contributed by atoms with Crippen molar-refractivity contribution >= 4 is 35.3 Å². The van der Waals surface area contributed by atoms with E-state index in [1.165, 1.54) is 6.21 Å². The van der Waals surface area contributed by atoms with Crippen molar-refractivity contribution in [2.24, 2.45) is 5.10 Å². The molecule has 0 aliphatic heterocycles. The molecule has 7 heteroatoms. The molecular formula is C19H14Cl2N2O3. The Morgan fingerprint density at radius 2 is 1.85 bits per heavy atom. The number of aliphatic hydroxyl groups is 1. The van der Waals surface area contributed by atoms with Crippen LogP contribution in [0.15, 0.2) is 70.2 Å². The minimum absolute atomic E-state index is 0.429. The highest BCUT2D eigenvalue weighted by atomic mass is 35.5. The van der Waals surface area contributed by atoms with Crippen molar-refractivity contribution in [2.45, 2.75) is 6.10 Å². The van der Waals surface area contributed by atoms with Gasteiger partial charge in [-0.1, -0.05) is 53.5 Å². The van der Waals surface area contributed by atoms with Crippen LogP contribution in [0.2, 0.25) is 10.0 Å². The van der Waals surface area contributed by atoms with Gasteiger partial charge < -0.3 is 9.52 Å². The zero-order valence-corrected chi connectivity index (χ0v) is 14.9. The molecule has 0 fully saturated rings. The number of carbonyl (C=O) groups excluding carboxylic acids is 1. The van der Waals surface area contributed by atoms with Crippen molar-refractivity contribution in [3.05, 3.63) is 82.0 Å². The average Bonchev–Trinajstić information content (AvgIpc) is 3.13. The van der Waals surface area contributed by atoms with Gasteiger partial charge in [-0.3, -0.25) is 4.79 Å². The molecule has 1 heterocycles. The Morgan fingerprint density at radius 3 is 2.58 bits per heavy atom. The van der Waals surface area contributed by atoms with Crippen LogP contribution in [0.1, 0.15) is 17.4 Å². The molecule has 1 unspecified atom stereocenters. The van der Waals surface area contributed by atoms with E-state index < -0.39 is 12.0 Å². The van der Waals surface area contributed by atoms with E-state index in [0.717, 1.165) is 5.56 Å². The predicted molar refractivity (Wildman–Crippen MR) is 101 cm³/mol. The fraction of sp³-hybridized carbons (Fsp3) is 0.0526. The van der Waals surface area contributed by atoms with Gasteiger partial charge in [0.15, 0.2) is 6.10 Å². The van der Waals surface area contributed by atoms with E-state index >= 15 is 0 Å². The van der Waals surface area contributed by atoms with Gasteiger partial charge in [0, 0.05) is 5.56 Å². The third-order valence-corrected chi connectivity index (χ3v) is 4.30. The number of hydrazone groups is 1. The number of benzene rings is 2. The molecule has 0 saturated heterocycles. The van der Waals surface area contributed by atoms with Gasteiger partial charge in [0.05, 0.1) is 16.3 Å². The number of hydrogen-bond donors (Lipinski definition) is 2. The van der Waals surface area contributed by atoms with Gasteiger partial charge in [0.1, 0.15) is 11.5 Å². The van der Waals surface area contributed by atoms with E-state index in [2.05, 4.69) is 10.5 Å². The van der Waals surface area contributed by atoms with Crippen molar-refractivity contribution < 1.29 is 14.3 Å². The van der Waals surface area contributed by atoms with Gasteiger partial charge >= 0.3 is 0 Å². The van der Waals surface area contributed by atoms with Gasteiger partial charge in [-0.15, -0.1) is 0 Å². The van der Waals surface area contributed by atoms with Crippen LogP contribution in [-0.4, -0.2) is 17.2 Å². The lowest BCUT2D eigenvalue weighted by atomic mass is 10.1. The highest BCUT2D eigenvalue weighted by Gasteiger charge is 2.16. The van der Waals surface area contributed by atoms with Crippen LogP contribution in [0, 0.1) is 0 Å². The van der Waals surface area contributed by atoms with E-state index in [0.29, 0.717) is 27.1 Å².